The lowest BCUT2D eigenvalue weighted by atomic mass is 10.1. The van der Waals surface area contributed by atoms with E-state index in [9.17, 15) is 4.79 Å². The molecule has 0 aromatic heterocycles. The summed E-state index contributed by atoms with van der Waals surface area (Å²) in [4.78, 5) is 10.7. The van der Waals surface area contributed by atoms with Gasteiger partial charge in [-0.3, -0.25) is 0 Å². The molecule has 0 aliphatic heterocycles. The van der Waals surface area contributed by atoms with E-state index in [4.69, 9.17) is 0 Å². The Morgan fingerprint density at radius 1 is 0.882 bits per heavy atom. The zero-order chi connectivity index (χ0) is 12.8. The van der Waals surface area contributed by atoms with Crippen LogP contribution in [0.2, 0.25) is 0 Å². The molecule has 0 aromatic carbocycles. The molecule has 0 heterocycles. The van der Waals surface area contributed by atoms with Gasteiger partial charge in [-0.05, 0) is 6.42 Å². The summed E-state index contributed by atoms with van der Waals surface area (Å²) in [5.74, 6) is 0. The normalized spacial score (nSPS) is 10.2. The molecule has 102 valence electrons. The molecule has 0 saturated heterocycles. The SMILES string of the molecule is CCCCCCCCCCCCNC(=O)OC. The molecule has 0 fully saturated rings. The van der Waals surface area contributed by atoms with E-state index >= 15 is 0 Å². The molecule has 1 amide bonds. The smallest absolute Gasteiger partial charge is 0.406 e. The van der Waals surface area contributed by atoms with Crippen LogP contribution in [0.1, 0.15) is 71.1 Å². The zero-order valence-electron chi connectivity index (χ0n) is 11.6. The first-order valence-corrected chi connectivity index (χ1v) is 7.13. The number of hydrogen-bond acceptors (Lipinski definition) is 2. The minimum atomic E-state index is -0.319. The standard InChI is InChI=1S/C14H29NO2/c1-3-4-5-6-7-8-9-10-11-12-13-15-14(16)17-2/h3-13H2,1-2H3,(H,15,16). The molecular weight excluding hydrogens is 214 g/mol. The fourth-order valence-electron chi connectivity index (χ4n) is 1.88. The maximum Gasteiger partial charge on any atom is 0.406 e. The maximum atomic E-state index is 10.7. The zero-order valence-corrected chi connectivity index (χ0v) is 11.6. The maximum absolute atomic E-state index is 10.7. The number of unbranched alkanes of at least 4 members (excludes halogenated alkanes) is 9. The van der Waals surface area contributed by atoms with E-state index in [0.717, 1.165) is 13.0 Å². The van der Waals surface area contributed by atoms with Gasteiger partial charge in [0.15, 0.2) is 0 Å². The van der Waals surface area contributed by atoms with Crippen molar-refractivity contribution in [3.63, 3.8) is 0 Å². The summed E-state index contributed by atoms with van der Waals surface area (Å²) in [6.07, 6.45) is 12.9. The first-order chi connectivity index (χ1) is 8.31. The Kier molecular flexibility index (Phi) is 12.8. The van der Waals surface area contributed by atoms with Gasteiger partial charge in [-0.2, -0.15) is 0 Å². The second-order valence-corrected chi connectivity index (χ2v) is 4.60. The molecule has 0 saturated carbocycles. The van der Waals surface area contributed by atoms with Crippen LogP contribution in [-0.4, -0.2) is 19.7 Å². The number of ether oxygens (including phenoxy) is 1. The Hall–Kier alpha value is -0.730. The highest BCUT2D eigenvalue weighted by Crippen LogP contribution is 2.10. The first kappa shape index (κ1) is 16.3. The summed E-state index contributed by atoms with van der Waals surface area (Å²) < 4.78 is 4.49. The van der Waals surface area contributed by atoms with Crippen LogP contribution >= 0.6 is 0 Å². The van der Waals surface area contributed by atoms with Gasteiger partial charge < -0.3 is 10.1 Å². The van der Waals surface area contributed by atoms with E-state index in [1.54, 1.807) is 0 Å². The van der Waals surface area contributed by atoms with Crippen molar-refractivity contribution in [3.8, 4) is 0 Å². The van der Waals surface area contributed by atoms with Crippen LogP contribution in [0.25, 0.3) is 0 Å². The average molecular weight is 243 g/mol. The molecule has 1 N–H and O–H groups in total. The highest BCUT2D eigenvalue weighted by atomic mass is 16.5. The lowest BCUT2D eigenvalue weighted by Crippen LogP contribution is -2.23. The number of rotatable bonds is 11. The molecule has 0 unspecified atom stereocenters. The molecule has 0 bridgehead atoms. The van der Waals surface area contributed by atoms with Crippen molar-refractivity contribution in [2.45, 2.75) is 71.1 Å². The first-order valence-electron chi connectivity index (χ1n) is 7.13. The number of carbonyl (C=O) groups excluding carboxylic acids is 1. The van der Waals surface area contributed by atoms with Crippen LogP contribution in [0.4, 0.5) is 4.79 Å². The van der Waals surface area contributed by atoms with E-state index in [2.05, 4.69) is 17.0 Å². The highest BCUT2D eigenvalue weighted by Gasteiger charge is 1.96. The number of hydrogen-bond donors (Lipinski definition) is 1. The van der Waals surface area contributed by atoms with Crippen LogP contribution in [-0.2, 0) is 4.74 Å². The van der Waals surface area contributed by atoms with Crippen LogP contribution < -0.4 is 5.32 Å². The van der Waals surface area contributed by atoms with E-state index < -0.39 is 0 Å². The monoisotopic (exact) mass is 243 g/mol. The molecule has 0 radical (unpaired) electrons. The number of nitrogens with one attached hydrogen (secondary N) is 1. The highest BCUT2D eigenvalue weighted by molar-refractivity contribution is 5.66. The third kappa shape index (κ3) is 13.2. The second-order valence-electron chi connectivity index (χ2n) is 4.60. The molecular formula is C14H29NO2. The van der Waals surface area contributed by atoms with Crippen LogP contribution in [0.3, 0.4) is 0 Å². The topological polar surface area (TPSA) is 38.3 Å². The van der Waals surface area contributed by atoms with Gasteiger partial charge in [-0.15, -0.1) is 0 Å². The third-order valence-electron chi connectivity index (χ3n) is 2.99. The molecule has 0 rings (SSSR count). The van der Waals surface area contributed by atoms with Crippen molar-refractivity contribution < 1.29 is 9.53 Å². The average Bonchev–Trinajstić information content (AvgIpc) is 2.35. The predicted molar refractivity (Wildman–Crippen MR) is 72.3 cm³/mol. The van der Waals surface area contributed by atoms with Crippen LogP contribution in [0, 0.1) is 0 Å². The number of alkyl carbamates (subject to hydrolysis) is 1. The minimum Gasteiger partial charge on any atom is -0.453 e. The van der Waals surface area contributed by atoms with Crippen molar-refractivity contribution in [1.29, 1.82) is 0 Å². The Bertz CT molecular complexity index is 172. The van der Waals surface area contributed by atoms with Crippen molar-refractivity contribution in [1.82, 2.24) is 5.32 Å². The van der Waals surface area contributed by atoms with Crippen LogP contribution in [0.5, 0.6) is 0 Å². The van der Waals surface area contributed by atoms with Gasteiger partial charge in [0.2, 0.25) is 0 Å². The van der Waals surface area contributed by atoms with Gasteiger partial charge >= 0.3 is 6.09 Å². The summed E-state index contributed by atoms with van der Waals surface area (Å²) >= 11 is 0. The van der Waals surface area contributed by atoms with E-state index in [1.807, 2.05) is 0 Å². The number of amides is 1. The minimum absolute atomic E-state index is 0.319. The second kappa shape index (κ2) is 13.3. The lowest BCUT2D eigenvalue weighted by Gasteiger charge is -2.03. The Morgan fingerprint density at radius 2 is 1.35 bits per heavy atom. The molecule has 3 heteroatoms. The molecule has 0 aliphatic carbocycles. The fourth-order valence-corrected chi connectivity index (χ4v) is 1.88. The van der Waals surface area contributed by atoms with Gasteiger partial charge in [-0.1, -0.05) is 64.7 Å². The summed E-state index contributed by atoms with van der Waals surface area (Å²) in [6.45, 7) is 2.99. The molecule has 0 spiro atoms. The van der Waals surface area contributed by atoms with Gasteiger partial charge in [0.25, 0.3) is 0 Å². The predicted octanol–water partition coefficient (Wildman–Crippen LogP) is 4.26. The number of methoxy groups -OCH3 is 1. The molecule has 3 nitrogen and oxygen atoms in total. The summed E-state index contributed by atoms with van der Waals surface area (Å²) in [5, 5.41) is 2.70. The molecule has 0 aromatic rings. The summed E-state index contributed by atoms with van der Waals surface area (Å²) in [6, 6.07) is 0. The fraction of sp³-hybridized carbons (Fsp3) is 0.929. The number of carbonyl (C=O) groups is 1. The van der Waals surface area contributed by atoms with Crippen molar-refractivity contribution in [2.75, 3.05) is 13.7 Å². The Morgan fingerprint density at radius 3 is 1.82 bits per heavy atom. The van der Waals surface area contributed by atoms with E-state index in [0.29, 0.717) is 0 Å². The molecule has 0 aliphatic rings. The van der Waals surface area contributed by atoms with Crippen molar-refractivity contribution in [2.24, 2.45) is 0 Å². The third-order valence-corrected chi connectivity index (χ3v) is 2.99. The van der Waals surface area contributed by atoms with Gasteiger partial charge in [-0.25, -0.2) is 4.79 Å². The van der Waals surface area contributed by atoms with Gasteiger partial charge in [0, 0.05) is 6.54 Å². The van der Waals surface area contributed by atoms with E-state index in [1.165, 1.54) is 64.9 Å². The largest absolute Gasteiger partial charge is 0.453 e. The Balaban J connectivity index is 2.96. The van der Waals surface area contributed by atoms with Crippen molar-refractivity contribution in [3.05, 3.63) is 0 Å². The summed E-state index contributed by atoms with van der Waals surface area (Å²) in [5.41, 5.74) is 0. The lowest BCUT2D eigenvalue weighted by molar-refractivity contribution is 0.171. The molecule has 0 atom stereocenters. The quantitative estimate of drug-likeness (QED) is 0.550. The van der Waals surface area contributed by atoms with Gasteiger partial charge in [0.05, 0.1) is 7.11 Å². The van der Waals surface area contributed by atoms with E-state index in [-0.39, 0.29) is 6.09 Å². The Labute approximate surface area is 106 Å². The molecule has 17 heavy (non-hydrogen) atoms. The summed E-state index contributed by atoms with van der Waals surface area (Å²) in [7, 11) is 1.40. The van der Waals surface area contributed by atoms with Crippen LogP contribution in [0.15, 0.2) is 0 Å². The van der Waals surface area contributed by atoms with Gasteiger partial charge in [0.1, 0.15) is 0 Å². The van der Waals surface area contributed by atoms with Crippen molar-refractivity contribution >= 4 is 6.09 Å².